The number of nitrogens with zero attached hydrogens (tertiary/aromatic N) is 3. The van der Waals surface area contributed by atoms with Gasteiger partial charge in [-0.15, -0.1) is 11.3 Å². The molecule has 0 saturated carbocycles. The number of carbonyl (C=O) groups excluding carboxylic acids is 1. The van der Waals surface area contributed by atoms with Gasteiger partial charge in [0.25, 0.3) is 5.91 Å². The molecule has 0 aliphatic rings. The van der Waals surface area contributed by atoms with Crippen molar-refractivity contribution in [2.45, 2.75) is 13.0 Å². The summed E-state index contributed by atoms with van der Waals surface area (Å²) in [6.45, 7) is 1.87. The molecule has 2 heterocycles. The van der Waals surface area contributed by atoms with Gasteiger partial charge in [-0.1, -0.05) is 0 Å². The second kappa shape index (κ2) is 4.18. The van der Waals surface area contributed by atoms with E-state index in [9.17, 15) is 4.79 Å². The number of hydrogen-bond donors (Lipinski definition) is 2. The van der Waals surface area contributed by atoms with Crippen LogP contribution in [0.15, 0.2) is 17.9 Å². The number of nitrogens with one attached hydrogen (secondary N) is 2. The first-order valence-electron chi connectivity index (χ1n) is 4.33. The maximum absolute atomic E-state index is 11.5. The van der Waals surface area contributed by atoms with Crippen LogP contribution in [0.2, 0.25) is 0 Å². The summed E-state index contributed by atoms with van der Waals surface area (Å²) in [4.78, 5) is 19.4. The SMILES string of the molecule is CC(NC(=O)c1ncn[nH]1)c1nccs1. The highest BCUT2D eigenvalue weighted by Gasteiger charge is 2.14. The van der Waals surface area contributed by atoms with E-state index >= 15 is 0 Å². The fourth-order valence-electron chi connectivity index (χ4n) is 1.09. The van der Waals surface area contributed by atoms with Crippen LogP contribution in [-0.4, -0.2) is 26.1 Å². The number of hydrogen-bond acceptors (Lipinski definition) is 5. The van der Waals surface area contributed by atoms with Crippen LogP contribution in [-0.2, 0) is 0 Å². The number of thiazole rings is 1. The Hall–Kier alpha value is -1.76. The zero-order chi connectivity index (χ0) is 10.7. The molecule has 0 aromatic carbocycles. The maximum Gasteiger partial charge on any atom is 0.289 e. The molecule has 2 aromatic heterocycles. The first kappa shape index (κ1) is 9.78. The third kappa shape index (κ3) is 2.18. The van der Waals surface area contributed by atoms with E-state index in [0.717, 1.165) is 5.01 Å². The largest absolute Gasteiger partial charge is 0.340 e. The fourth-order valence-corrected chi connectivity index (χ4v) is 1.74. The Morgan fingerprint density at radius 3 is 3.07 bits per heavy atom. The average Bonchev–Trinajstić information content (AvgIpc) is 2.91. The molecule has 15 heavy (non-hydrogen) atoms. The van der Waals surface area contributed by atoms with Gasteiger partial charge < -0.3 is 5.32 Å². The minimum absolute atomic E-state index is 0.123. The highest BCUT2D eigenvalue weighted by Crippen LogP contribution is 2.14. The number of aromatic amines is 1. The molecule has 0 aliphatic heterocycles. The highest BCUT2D eigenvalue weighted by molar-refractivity contribution is 7.09. The van der Waals surface area contributed by atoms with Crippen LogP contribution in [0.5, 0.6) is 0 Å². The van der Waals surface area contributed by atoms with Crippen molar-refractivity contribution in [1.82, 2.24) is 25.5 Å². The molecule has 0 aliphatic carbocycles. The number of aromatic nitrogens is 4. The van der Waals surface area contributed by atoms with Crippen LogP contribution in [0, 0.1) is 0 Å². The summed E-state index contributed by atoms with van der Waals surface area (Å²) in [5.74, 6) is -0.0754. The lowest BCUT2D eigenvalue weighted by Crippen LogP contribution is -2.27. The standard InChI is InChI=1S/C8H9N5OS/c1-5(8-9-2-3-15-8)12-7(14)6-10-4-11-13-6/h2-5H,1H3,(H,12,14)(H,10,11,13). The van der Waals surface area contributed by atoms with E-state index in [4.69, 9.17) is 0 Å². The molecule has 78 valence electrons. The monoisotopic (exact) mass is 223 g/mol. The van der Waals surface area contributed by atoms with Crippen molar-refractivity contribution in [2.75, 3.05) is 0 Å². The average molecular weight is 223 g/mol. The fraction of sp³-hybridized carbons (Fsp3) is 0.250. The van der Waals surface area contributed by atoms with Gasteiger partial charge in [0.05, 0.1) is 6.04 Å². The first-order chi connectivity index (χ1) is 7.27. The van der Waals surface area contributed by atoms with Crippen LogP contribution in [0.25, 0.3) is 0 Å². The van der Waals surface area contributed by atoms with Gasteiger partial charge in [0.2, 0.25) is 5.82 Å². The molecular formula is C8H9N5OS. The molecule has 2 rings (SSSR count). The van der Waals surface area contributed by atoms with E-state index in [-0.39, 0.29) is 17.8 Å². The third-order valence-corrected chi connectivity index (χ3v) is 2.76. The van der Waals surface area contributed by atoms with Gasteiger partial charge >= 0.3 is 0 Å². The lowest BCUT2D eigenvalue weighted by molar-refractivity contribution is 0.0930. The lowest BCUT2D eigenvalue weighted by atomic mass is 10.3. The Morgan fingerprint density at radius 2 is 2.47 bits per heavy atom. The van der Waals surface area contributed by atoms with Crippen molar-refractivity contribution in [2.24, 2.45) is 0 Å². The summed E-state index contributed by atoms with van der Waals surface area (Å²) in [6, 6.07) is -0.123. The zero-order valence-electron chi connectivity index (χ0n) is 7.97. The summed E-state index contributed by atoms with van der Waals surface area (Å²) >= 11 is 1.50. The Labute approximate surface area is 89.8 Å². The summed E-state index contributed by atoms with van der Waals surface area (Å²) in [7, 11) is 0. The van der Waals surface area contributed by atoms with Gasteiger partial charge in [-0.25, -0.2) is 9.97 Å². The lowest BCUT2D eigenvalue weighted by Gasteiger charge is -2.08. The summed E-state index contributed by atoms with van der Waals surface area (Å²) in [5, 5.41) is 11.6. The van der Waals surface area contributed by atoms with Crippen LogP contribution in [0.4, 0.5) is 0 Å². The molecular weight excluding hydrogens is 214 g/mol. The smallest absolute Gasteiger partial charge is 0.289 e. The second-order valence-electron chi connectivity index (χ2n) is 2.90. The number of rotatable bonds is 3. The van der Waals surface area contributed by atoms with Crippen molar-refractivity contribution < 1.29 is 4.79 Å². The van der Waals surface area contributed by atoms with Gasteiger partial charge in [0, 0.05) is 11.6 Å². The van der Waals surface area contributed by atoms with Gasteiger partial charge in [-0.05, 0) is 6.92 Å². The molecule has 1 unspecified atom stereocenters. The highest BCUT2D eigenvalue weighted by atomic mass is 32.1. The number of amides is 1. The molecule has 2 aromatic rings. The van der Waals surface area contributed by atoms with Crippen molar-refractivity contribution in [3.63, 3.8) is 0 Å². The van der Waals surface area contributed by atoms with E-state index < -0.39 is 0 Å². The Morgan fingerprint density at radius 1 is 1.60 bits per heavy atom. The summed E-state index contributed by atoms with van der Waals surface area (Å²) in [5.41, 5.74) is 0. The quantitative estimate of drug-likeness (QED) is 0.804. The molecule has 1 atom stereocenters. The molecule has 0 spiro atoms. The van der Waals surface area contributed by atoms with Gasteiger partial charge in [-0.3, -0.25) is 9.89 Å². The van der Waals surface area contributed by atoms with Crippen molar-refractivity contribution in [1.29, 1.82) is 0 Å². The maximum atomic E-state index is 11.5. The van der Waals surface area contributed by atoms with E-state index in [0.29, 0.717) is 0 Å². The van der Waals surface area contributed by atoms with E-state index in [2.05, 4.69) is 25.5 Å². The molecule has 1 amide bonds. The number of carbonyl (C=O) groups is 1. The van der Waals surface area contributed by atoms with Crippen LogP contribution in [0.3, 0.4) is 0 Å². The normalized spacial score (nSPS) is 12.3. The van der Waals surface area contributed by atoms with E-state index in [1.165, 1.54) is 17.7 Å². The molecule has 0 saturated heterocycles. The Kier molecular flexibility index (Phi) is 2.72. The van der Waals surface area contributed by atoms with E-state index in [1.54, 1.807) is 6.20 Å². The minimum Gasteiger partial charge on any atom is -0.340 e. The summed E-state index contributed by atoms with van der Waals surface area (Å²) < 4.78 is 0. The minimum atomic E-state index is -0.282. The third-order valence-electron chi connectivity index (χ3n) is 1.80. The van der Waals surface area contributed by atoms with Crippen LogP contribution >= 0.6 is 11.3 Å². The first-order valence-corrected chi connectivity index (χ1v) is 5.21. The van der Waals surface area contributed by atoms with Crippen molar-refractivity contribution in [3.8, 4) is 0 Å². The Balaban J connectivity index is 2.01. The van der Waals surface area contributed by atoms with Crippen molar-refractivity contribution in [3.05, 3.63) is 28.7 Å². The predicted octanol–water partition coefficient (Wildman–Crippen LogP) is 0.752. The number of H-pyrrole nitrogens is 1. The van der Waals surface area contributed by atoms with Crippen LogP contribution < -0.4 is 5.32 Å². The van der Waals surface area contributed by atoms with Gasteiger partial charge in [-0.2, -0.15) is 5.10 Å². The molecule has 0 radical (unpaired) electrons. The van der Waals surface area contributed by atoms with Crippen LogP contribution in [0.1, 0.15) is 28.6 Å². The zero-order valence-corrected chi connectivity index (χ0v) is 8.78. The molecule has 0 fully saturated rings. The molecule has 6 nitrogen and oxygen atoms in total. The summed E-state index contributed by atoms with van der Waals surface area (Å²) in [6.07, 6.45) is 3.00. The Bertz CT molecular complexity index is 424. The van der Waals surface area contributed by atoms with Gasteiger partial charge in [0.15, 0.2) is 0 Å². The van der Waals surface area contributed by atoms with Crippen molar-refractivity contribution >= 4 is 17.2 Å². The van der Waals surface area contributed by atoms with Gasteiger partial charge in [0.1, 0.15) is 11.3 Å². The second-order valence-corrected chi connectivity index (χ2v) is 3.83. The predicted molar refractivity (Wildman–Crippen MR) is 54.4 cm³/mol. The topological polar surface area (TPSA) is 83.6 Å². The van der Waals surface area contributed by atoms with E-state index in [1.807, 2.05) is 12.3 Å². The molecule has 0 bridgehead atoms. The molecule has 2 N–H and O–H groups in total. The molecule has 7 heteroatoms.